The number of carboxylic acid groups (broad SMARTS) is 1. The van der Waals surface area contributed by atoms with Gasteiger partial charge >= 0.3 is 11.9 Å². The summed E-state index contributed by atoms with van der Waals surface area (Å²) >= 11 is 5.92. The highest BCUT2D eigenvalue weighted by molar-refractivity contribution is 6.30. The van der Waals surface area contributed by atoms with Crippen LogP contribution in [0.3, 0.4) is 0 Å². The number of nitrogens with one attached hydrogen (secondary N) is 1. The van der Waals surface area contributed by atoms with Crippen LogP contribution in [-0.4, -0.2) is 35.6 Å². The summed E-state index contributed by atoms with van der Waals surface area (Å²) in [5.74, 6) is -2.52. The van der Waals surface area contributed by atoms with Crippen LogP contribution in [0.25, 0.3) is 11.1 Å². The van der Waals surface area contributed by atoms with E-state index in [1.807, 2.05) is 30.3 Å². The largest absolute Gasteiger partial charge is 0.479 e. The van der Waals surface area contributed by atoms with E-state index in [0.717, 1.165) is 22.3 Å². The predicted molar refractivity (Wildman–Crippen MR) is 99.4 cm³/mol. The van der Waals surface area contributed by atoms with Gasteiger partial charge in [0.05, 0.1) is 7.11 Å². The number of rotatable bonds is 5. The molecule has 2 aromatic carbocycles. The molecule has 1 amide bonds. The SMILES string of the molecule is COC(=O)CC(=O)NC1(C(=O)O)Cc2ccc(-c3ccc(Cl)cc3)cc2C1. The second kappa shape index (κ2) is 7.40. The molecule has 0 saturated heterocycles. The van der Waals surface area contributed by atoms with Crippen molar-refractivity contribution in [2.24, 2.45) is 0 Å². The summed E-state index contributed by atoms with van der Waals surface area (Å²) in [6.45, 7) is 0. The summed E-state index contributed by atoms with van der Waals surface area (Å²) in [6.07, 6.45) is -0.213. The quantitative estimate of drug-likeness (QED) is 0.607. The molecule has 1 unspecified atom stereocenters. The van der Waals surface area contributed by atoms with E-state index in [1.165, 1.54) is 7.11 Å². The first-order valence-corrected chi connectivity index (χ1v) is 8.70. The van der Waals surface area contributed by atoms with Crippen molar-refractivity contribution >= 4 is 29.4 Å². The van der Waals surface area contributed by atoms with Gasteiger partial charge in [0.2, 0.25) is 5.91 Å². The average Bonchev–Trinajstić information content (AvgIpc) is 3.00. The van der Waals surface area contributed by atoms with Crippen molar-refractivity contribution in [3.05, 3.63) is 58.6 Å². The lowest BCUT2D eigenvalue weighted by Gasteiger charge is -2.25. The molecule has 0 aromatic heterocycles. The lowest BCUT2D eigenvalue weighted by molar-refractivity contribution is -0.150. The van der Waals surface area contributed by atoms with E-state index >= 15 is 0 Å². The molecule has 27 heavy (non-hydrogen) atoms. The van der Waals surface area contributed by atoms with Gasteiger partial charge in [0, 0.05) is 17.9 Å². The third kappa shape index (κ3) is 3.95. The molecule has 0 heterocycles. The maximum Gasteiger partial charge on any atom is 0.330 e. The van der Waals surface area contributed by atoms with Gasteiger partial charge in [0.15, 0.2) is 0 Å². The number of halogens is 1. The highest BCUT2D eigenvalue weighted by atomic mass is 35.5. The van der Waals surface area contributed by atoms with Gasteiger partial charge in [0.25, 0.3) is 0 Å². The van der Waals surface area contributed by atoms with Crippen LogP contribution >= 0.6 is 11.6 Å². The average molecular weight is 388 g/mol. The zero-order valence-electron chi connectivity index (χ0n) is 14.6. The van der Waals surface area contributed by atoms with E-state index in [9.17, 15) is 19.5 Å². The summed E-state index contributed by atoms with van der Waals surface area (Å²) in [7, 11) is 1.17. The number of hydrogen-bond acceptors (Lipinski definition) is 4. The van der Waals surface area contributed by atoms with Crippen molar-refractivity contribution < 1.29 is 24.2 Å². The van der Waals surface area contributed by atoms with Crippen molar-refractivity contribution in [3.63, 3.8) is 0 Å². The molecular formula is C20H18ClNO5. The number of hydrogen-bond donors (Lipinski definition) is 2. The Bertz CT molecular complexity index is 909. The lowest BCUT2D eigenvalue weighted by atomic mass is 9.95. The highest BCUT2D eigenvalue weighted by Gasteiger charge is 2.45. The summed E-state index contributed by atoms with van der Waals surface area (Å²) in [5.41, 5.74) is 2.14. The Balaban J connectivity index is 1.85. The van der Waals surface area contributed by atoms with Gasteiger partial charge in [-0.15, -0.1) is 0 Å². The van der Waals surface area contributed by atoms with Gasteiger partial charge < -0.3 is 15.2 Å². The number of amides is 1. The number of fused-ring (bicyclic) bond motifs is 1. The van der Waals surface area contributed by atoms with E-state index in [-0.39, 0.29) is 12.8 Å². The number of esters is 1. The van der Waals surface area contributed by atoms with E-state index in [0.29, 0.717) is 5.02 Å². The monoisotopic (exact) mass is 387 g/mol. The zero-order valence-corrected chi connectivity index (χ0v) is 15.4. The van der Waals surface area contributed by atoms with Crippen LogP contribution in [0.2, 0.25) is 5.02 Å². The van der Waals surface area contributed by atoms with Gasteiger partial charge in [0.1, 0.15) is 12.0 Å². The molecule has 0 aliphatic heterocycles. The van der Waals surface area contributed by atoms with Crippen LogP contribution in [0.1, 0.15) is 17.5 Å². The van der Waals surface area contributed by atoms with E-state index in [4.69, 9.17) is 11.6 Å². The molecule has 0 saturated carbocycles. The van der Waals surface area contributed by atoms with Crippen LogP contribution < -0.4 is 5.32 Å². The number of carbonyl (C=O) groups excluding carboxylic acids is 2. The minimum atomic E-state index is -1.47. The molecule has 0 fully saturated rings. The van der Waals surface area contributed by atoms with Crippen LogP contribution in [0, 0.1) is 0 Å². The molecule has 0 radical (unpaired) electrons. The van der Waals surface area contributed by atoms with Crippen molar-refractivity contribution in [1.29, 1.82) is 0 Å². The molecule has 6 nitrogen and oxygen atoms in total. The fraction of sp³-hybridized carbons (Fsp3) is 0.250. The Labute approximate surface area is 161 Å². The summed E-state index contributed by atoms with van der Waals surface area (Å²) in [4.78, 5) is 35.3. The standard InChI is InChI=1S/C20H18ClNO5/c1-27-18(24)9-17(23)22-20(19(25)26)10-14-3-2-13(8-15(14)11-20)12-4-6-16(21)7-5-12/h2-8H,9-11H2,1H3,(H,22,23)(H,25,26). The normalized spacial score (nSPS) is 17.9. The maximum absolute atomic E-state index is 12.1. The Hall–Kier alpha value is -2.86. The van der Waals surface area contributed by atoms with Crippen LogP contribution in [0.15, 0.2) is 42.5 Å². The van der Waals surface area contributed by atoms with Crippen molar-refractivity contribution in [2.75, 3.05) is 7.11 Å². The van der Waals surface area contributed by atoms with Gasteiger partial charge in [-0.25, -0.2) is 4.79 Å². The van der Waals surface area contributed by atoms with Crippen LogP contribution in [0.5, 0.6) is 0 Å². The number of methoxy groups -OCH3 is 1. The Morgan fingerprint density at radius 1 is 1.07 bits per heavy atom. The highest BCUT2D eigenvalue weighted by Crippen LogP contribution is 2.34. The zero-order chi connectivity index (χ0) is 19.6. The van der Waals surface area contributed by atoms with Crippen molar-refractivity contribution in [3.8, 4) is 11.1 Å². The summed E-state index contributed by atoms with van der Waals surface area (Å²) < 4.78 is 4.46. The minimum Gasteiger partial charge on any atom is -0.479 e. The third-order valence-electron chi connectivity index (χ3n) is 4.69. The molecule has 1 aliphatic carbocycles. The fourth-order valence-electron chi connectivity index (χ4n) is 3.30. The molecule has 0 spiro atoms. The van der Waals surface area contributed by atoms with Crippen LogP contribution in [-0.2, 0) is 32.0 Å². The van der Waals surface area contributed by atoms with Crippen molar-refractivity contribution in [1.82, 2.24) is 5.32 Å². The molecular weight excluding hydrogens is 370 g/mol. The molecule has 3 rings (SSSR count). The number of benzene rings is 2. The first-order valence-electron chi connectivity index (χ1n) is 8.32. The van der Waals surface area contributed by atoms with Gasteiger partial charge in [-0.3, -0.25) is 9.59 Å². The Morgan fingerprint density at radius 2 is 1.70 bits per heavy atom. The number of aliphatic carboxylic acids is 1. The number of carboxylic acids is 1. The summed E-state index contributed by atoms with van der Waals surface area (Å²) in [5, 5.41) is 12.9. The molecule has 0 bridgehead atoms. The van der Waals surface area contributed by atoms with Crippen LogP contribution in [0.4, 0.5) is 0 Å². The van der Waals surface area contributed by atoms with Crippen molar-refractivity contribution in [2.45, 2.75) is 24.8 Å². The maximum atomic E-state index is 12.1. The Morgan fingerprint density at radius 3 is 2.33 bits per heavy atom. The lowest BCUT2D eigenvalue weighted by Crippen LogP contribution is -2.55. The smallest absolute Gasteiger partial charge is 0.330 e. The fourth-order valence-corrected chi connectivity index (χ4v) is 3.43. The molecule has 1 aliphatic rings. The first-order chi connectivity index (χ1) is 12.8. The topological polar surface area (TPSA) is 92.7 Å². The molecule has 7 heteroatoms. The molecule has 2 aromatic rings. The molecule has 2 N–H and O–H groups in total. The van der Waals surface area contributed by atoms with E-state index in [2.05, 4.69) is 10.1 Å². The molecule has 140 valence electrons. The van der Waals surface area contributed by atoms with Gasteiger partial charge in [-0.2, -0.15) is 0 Å². The molecule has 1 atom stereocenters. The second-order valence-corrected chi connectivity index (χ2v) is 6.97. The number of ether oxygens (including phenoxy) is 1. The first kappa shape index (κ1) is 18.9. The third-order valence-corrected chi connectivity index (χ3v) is 4.94. The number of carbonyl (C=O) groups is 3. The second-order valence-electron chi connectivity index (χ2n) is 6.53. The minimum absolute atomic E-state index is 0.145. The van der Waals surface area contributed by atoms with Gasteiger partial charge in [-0.05, 0) is 34.4 Å². The predicted octanol–water partition coefficient (Wildman–Crippen LogP) is 2.61. The van der Waals surface area contributed by atoms with E-state index < -0.39 is 29.8 Å². The summed E-state index contributed by atoms with van der Waals surface area (Å²) in [6, 6.07) is 13.1. The van der Waals surface area contributed by atoms with Gasteiger partial charge in [-0.1, -0.05) is 41.9 Å². The Kier molecular flexibility index (Phi) is 5.19. The van der Waals surface area contributed by atoms with E-state index in [1.54, 1.807) is 12.1 Å².